The van der Waals surface area contributed by atoms with Crippen LogP contribution in [0.3, 0.4) is 0 Å². The monoisotopic (exact) mass is 216 g/mol. The minimum Gasteiger partial charge on any atom is -0.481 e. The number of carboxylic acids is 1. The first-order chi connectivity index (χ1) is 6.17. The quantitative estimate of drug-likeness (QED) is 0.732. The van der Waals surface area contributed by atoms with Gasteiger partial charge in [-0.05, 0) is 40.5 Å². The van der Waals surface area contributed by atoms with Gasteiger partial charge in [0.2, 0.25) is 0 Å². The number of carbonyl (C=O) groups is 1. The van der Waals surface area contributed by atoms with Gasteiger partial charge in [-0.15, -0.1) is 0 Å². The lowest BCUT2D eigenvalue weighted by molar-refractivity contribution is -0.146. The van der Waals surface area contributed by atoms with Gasteiger partial charge in [0.25, 0.3) is 0 Å². The summed E-state index contributed by atoms with van der Waals surface area (Å²) in [7, 11) is 0. The summed E-state index contributed by atoms with van der Waals surface area (Å²) >= 11 is 5.34. The van der Waals surface area contributed by atoms with Crippen LogP contribution in [0.4, 0.5) is 0 Å². The van der Waals surface area contributed by atoms with E-state index in [1.54, 1.807) is 0 Å². The summed E-state index contributed by atoms with van der Waals surface area (Å²) in [5.41, 5.74) is -0.416. The Morgan fingerprint density at radius 2 is 1.64 bits per heavy atom. The van der Waals surface area contributed by atoms with Crippen LogP contribution >= 0.6 is 12.8 Å². The molecule has 1 aliphatic heterocycles. The van der Waals surface area contributed by atoms with Gasteiger partial charge >= 0.3 is 5.97 Å². The van der Waals surface area contributed by atoms with Crippen LogP contribution in [0.15, 0.2) is 0 Å². The van der Waals surface area contributed by atoms with Crippen LogP contribution in [0.2, 0.25) is 0 Å². The second-order valence-corrected chi connectivity index (χ2v) is 5.73. The zero-order chi connectivity index (χ0) is 11.1. The van der Waals surface area contributed by atoms with Gasteiger partial charge in [0.15, 0.2) is 0 Å². The maximum absolute atomic E-state index is 11.0. The number of piperidine rings is 1. The lowest BCUT2D eigenvalue weighted by Gasteiger charge is -2.50. The molecule has 1 saturated heterocycles. The first kappa shape index (κ1) is 11.9. The third kappa shape index (κ3) is 2.06. The summed E-state index contributed by atoms with van der Waals surface area (Å²) in [5.74, 6) is -0.964. The van der Waals surface area contributed by atoms with Gasteiger partial charge in [0, 0.05) is 23.9 Å². The molecule has 0 bridgehead atoms. The molecule has 1 heterocycles. The molecule has 81 valence electrons. The molecule has 0 aromatic carbocycles. The van der Waals surface area contributed by atoms with Crippen LogP contribution in [0, 0.1) is 5.92 Å². The summed E-state index contributed by atoms with van der Waals surface area (Å²) in [6.07, 6.45) is 1.27. The lowest BCUT2D eigenvalue weighted by Crippen LogP contribution is -2.57. The first-order valence-electron chi connectivity index (χ1n) is 4.87. The average Bonchev–Trinajstić information content (AvgIpc) is 1.98. The van der Waals surface area contributed by atoms with Crippen LogP contribution < -0.4 is 0 Å². The van der Waals surface area contributed by atoms with E-state index in [2.05, 4.69) is 0 Å². The normalized spacial score (nSPS) is 27.5. The summed E-state index contributed by atoms with van der Waals surface area (Å²) in [5, 5.41) is 9.04. The van der Waals surface area contributed by atoms with Crippen molar-refractivity contribution in [3.05, 3.63) is 0 Å². The van der Waals surface area contributed by atoms with Crippen LogP contribution in [0.5, 0.6) is 0 Å². The summed E-state index contributed by atoms with van der Waals surface area (Å²) in [6.45, 7) is 8.04. The molecule has 1 fully saturated rings. The maximum atomic E-state index is 11.0. The van der Waals surface area contributed by atoms with E-state index in [0.29, 0.717) is 12.8 Å². The van der Waals surface area contributed by atoms with Crippen LogP contribution in [0.25, 0.3) is 0 Å². The van der Waals surface area contributed by atoms with Crippen molar-refractivity contribution in [2.24, 2.45) is 5.92 Å². The molecular weight excluding hydrogens is 198 g/mol. The van der Waals surface area contributed by atoms with Crippen molar-refractivity contribution < 1.29 is 9.90 Å². The second kappa shape index (κ2) is 3.42. The highest BCUT2D eigenvalue weighted by Gasteiger charge is 2.46. The Morgan fingerprint density at radius 1 is 1.29 bits per heavy atom. The first-order valence-corrected chi connectivity index (χ1v) is 5.23. The van der Waals surface area contributed by atoms with Crippen molar-refractivity contribution in [3.63, 3.8) is 0 Å². The molecule has 0 aromatic heterocycles. The zero-order valence-electron chi connectivity index (χ0n) is 9.20. The fourth-order valence-corrected chi connectivity index (χ4v) is 2.59. The number of aliphatic carboxylic acids is 1. The Labute approximate surface area is 91.0 Å². The van der Waals surface area contributed by atoms with Gasteiger partial charge in [-0.25, -0.2) is 4.31 Å². The van der Waals surface area contributed by atoms with Crippen molar-refractivity contribution in [1.82, 2.24) is 4.31 Å². The van der Waals surface area contributed by atoms with E-state index in [9.17, 15) is 4.79 Å². The molecule has 1 aliphatic rings. The van der Waals surface area contributed by atoms with E-state index in [4.69, 9.17) is 17.9 Å². The van der Waals surface area contributed by atoms with E-state index >= 15 is 0 Å². The van der Waals surface area contributed by atoms with Crippen molar-refractivity contribution in [3.8, 4) is 0 Å². The summed E-state index contributed by atoms with van der Waals surface area (Å²) < 4.78 is 1.87. The topological polar surface area (TPSA) is 40.5 Å². The summed E-state index contributed by atoms with van der Waals surface area (Å²) in [4.78, 5) is 11.0. The van der Waals surface area contributed by atoms with E-state index in [1.165, 1.54) is 0 Å². The molecule has 0 atom stereocenters. The molecule has 1 radical (unpaired) electrons. The molecular formula is C10H18NO2S. The number of nitrogens with zero attached hydrogens (tertiary/aromatic N) is 1. The highest BCUT2D eigenvalue weighted by molar-refractivity contribution is 7.77. The largest absolute Gasteiger partial charge is 0.481 e. The molecule has 0 aromatic rings. The van der Waals surface area contributed by atoms with Crippen LogP contribution in [0.1, 0.15) is 40.5 Å². The Morgan fingerprint density at radius 3 is 1.93 bits per heavy atom. The standard InChI is InChI=1S/C10H18NO2S/c1-9(2)5-7(8(12)13)6-10(3,4)11(9)14/h7H,5-6H2,1-4H3,(H,12,13). The van der Waals surface area contributed by atoms with Gasteiger partial charge in [-0.2, -0.15) is 0 Å². The zero-order valence-corrected chi connectivity index (χ0v) is 10.0. The smallest absolute Gasteiger partial charge is 0.306 e. The molecule has 0 amide bonds. The van der Waals surface area contributed by atoms with Crippen molar-refractivity contribution >= 4 is 18.8 Å². The Bertz CT molecular complexity index is 233. The number of carboxylic acid groups (broad SMARTS) is 1. The van der Waals surface area contributed by atoms with Gasteiger partial charge in [-0.3, -0.25) is 4.79 Å². The summed E-state index contributed by atoms with van der Waals surface area (Å²) in [6, 6.07) is 0. The molecule has 4 heteroatoms. The average molecular weight is 216 g/mol. The van der Waals surface area contributed by atoms with Gasteiger partial charge in [-0.1, -0.05) is 0 Å². The molecule has 3 nitrogen and oxygen atoms in total. The van der Waals surface area contributed by atoms with E-state index < -0.39 is 5.97 Å². The molecule has 0 saturated carbocycles. The predicted molar refractivity (Wildman–Crippen MR) is 57.9 cm³/mol. The molecule has 0 spiro atoms. The third-order valence-electron chi connectivity index (χ3n) is 2.94. The van der Waals surface area contributed by atoms with Gasteiger partial charge in [0.1, 0.15) is 0 Å². The van der Waals surface area contributed by atoms with Crippen molar-refractivity contribution in [2.75, 3.05) is 0 Å². The lowest BCUT2D eigenvalue weighted by atomic mass is 9.76. The van der Waals surface area contributed by atoms with Gasteiger partial charge < -0.3 is 5.11 Å². The highest BCUT2D eigenvalue weighted by Crippen LogP contribution is 2.42. The predicted octanol–water partition coefficient (Wildman–Crippen LogP) is 2.45. The van der Waals surface area contributed by atoms with Gasteiger partial charge in [0.05, 0.1) is 5.92 Å². The minimum atomic E-state index is -0.700. The fraction of sp³-hybridized carbons (Fsp3) is 0.900. The molecule has 0 unspecified atom stereocenters. The maximum Gasteiger partial charge on any atom is 0.306 e. The second-order valence-electron chi connectivity index (χ2n) is 5.36. The minimum absolute atomic E-state index is 0.208. The molecule has 14 heavy (non-hydrogen) atoms. The van der Waals surface area contributed by atoms with Crippen LogP contribution in [-0.2, 0) is 4.79 Å². The number of hydrogen-bond acceptors (Lipinski definition) is 2. The Hall–Kier alpha value is -0.220. The SMILES string of the molecule is CC1(C)CC(C(=O)O)CC(C)(C)N1[S]. The van der Waals surface area contributed by atoms with E-state index in [0.717, 1.165) is 0 Å². The number of hydrogen-bond donors (Lipinski definition) is 1. The molecule has 0 aliphatic carbocycles. The fourth-order valence-electron chi connectivity index (χ4n) is 2.44. The van der Waals surface area contributed by atoms with Crippen molar-refractivity contribution in [2.45, 2.75) is 51.6 Å². The van der Waals surface area contributed by atoms with Crippen molar-refractivity contribution in [1.29, 1.82) is 0 Å². The third-order valence-corrected chi connectivity index (χ3v) is 3.93. The molecule has 1 rings (SSSR count). The molecule has 1 N–H and O–H groups in total. The van der Waals surface area contributed by atoms with Crippen LogP contribution in [-0.4, -0.2) is 26.5 Å². The highest BCUT2D eigenvalue weighted by atomic mass is 32.1. The Balaban J connectivity index is 2.91. The van der Waals surface area contributed by atoms with E-state index in [1.807, 2.05) is 32.0 Å². The number of rotatable bonds is 1. The van der Waals surface area contributed by atoms with E-state index in [-0.39, 0.29) is 17.0 Å². The Kier molecular flexibility index (Phi) is 2.89.